The Kier molecular flexibility index (Phi) is 4.06. The van der Waals surface area contributed by atoms with Crippen molar-refractivity contribution in [3.8, 4) is 0 Å². The summed E-state index contributed by atoms with van der Waals surface area (Å²) in [4.78, 5) is 37.4. The van der Waals surface area contributed by atoms with E-state index >= 15 is 0 Å². The number of Topliss-reactive ketones (excluding diaryl/α,β-unsaturated/α-hetero) is 2. The fourth-order valence-electron chi connectivity index (χ4n) is 6.70. The van der Waals surface area contributed by atoms with E-state index in [1.807, 2.05) is 0 Å². The Morgan fingerprint density at radius 2 is 1.68 bits per heavy atom. The van der Waals surface area contributed by atoms with Crippen molar-refractivity contribution >= 4 is 28.4 Å². The molecule has 3 saturated carbocycles. The van der Waals surface area contributed by atoms with Gasteiger partial charge in [0, 0.05) is 25.2 Å². The highest BCUT2D eigenvalue weighted by atomic mass is 32.2. The van der Waals surface area contributed by atoms with E-state index < -0.39 is 0 Å². The minimum Gasteiger partial charge on any atom is -0.299 e. The first-order valence-electron chi connectivity index (χ1n) is 9.76. The quantitative estimate of drug-likeness (QED) is 0.680. The second kappa shape index (κ2) is 5.80. The molecular formula is C21H28O3S. The summed E-state index contributed by atoms with van der Waals surface area (Å²) in [6.45, 7) is 6.10. The van der Waals surface area contributed by atoms with Crippen LogP contribution in [0.25, 0.3) is 0 Å². The van der Waals surface area contributed by atoms with Crippen LogP contribution in [0, 0.1) is 28.6 Å². The van der Waals surface area contributed by atoms with Crippen LogP contribution >= 0.6 is 11.8 Å². The predicted octanol–water partition coefficient (Wildman–Crippen LogP) is 4.69. The van der Waals surface area contributed by atoms with Crippen LogP contribution in [0.2, 0.25) is 0 Å². The van der Waals surface area contributed by atoms with Crippen molar-refractivity contribution in [1.29, 1.82) is 0 Å². The van der Waals surface area contributed by atoms with E-state index in [0.29, 0.717) is 30.0 Å². The zero-order valence-corrected chi connectivity index (χ0v) is 16.3. The van der Waals surface area contributed by atoms with Gasteiger partial charge in [0.2, 0.25) is 0 Å². The lowest BCUT2D eigenvalue weighted by atomic mass is 9.47. The second-order valence-electron chi connectivity index (χ2n) is 9.08. The third-order valence-corrected chi connectivity index (χ3v) is 8.99. The molecule has 25 heavy (non-hydrogen) atoms. The lowest BCUT2D eigenvalue weighted by molar-refractivity contribution is -0.132. The molecule has 0 bridgehead atoms. The summed E-state index contributed by atoms with van der Waals surface area (Å²) in [5.41, 5.74) is 1.21. The fourth-order valence-corrected chi connectivity index (χ4v) is 7.66. The van der Waals surface area contributed by atoms with Crippen LogP contribution in [0.15, 0.2) is 10.5 Å². The molecule has 0 spiro atoms. The molecule has 0 saturated heterocycles. The minimum atomic E-state index is -0.0970. The van der Waals surface area contributed by atoms with Crippen molar-refractivity contribution in [2.24, 2.45) is 28.6 Å². The summed E-state index contributed by atoms with van der Waals surface area (Å²) < 4.78 is 0. The highest BCUT2D eigenvalue weighted by molar-refractivity contribution is 8.17. The first-order chi connectivity index (χ1) is 11.8. The number of carbonyl (C=O) groups is 3. The number of allylic oxidation sites excluding steroid dienone is 1. The van der Waals surface area contributed by atoms with Gasteiger partial charge >= 0.3 is 0 Å². The number of ketones is 2. The summed E-state index contributed by atoms with van der Waals surface area (Å²) in [5, 5.41) is 0.0137. The smallest absolute Gasteiger partial charge is 0.190 e. The number of carbonyl (C=O) groups excluding carboxylic acids is 3. The average molecular weight is 361 g/mol. The van der Waals surface area contributed by atoms with Crippen LogP contribution in [-0.2, 0) is 14.4 Å². The Bertz CT molecular complexity index is 693. The highest BCUT2D eigenvalue weighted by Gasteiger charge is 2.59. The molecule has 0 N–H and O–H groups in total. The fraction of sp³-hybridized carbons (Fsp3) is 0.762. The molecule has 0 unspecified atom stereocenters. The summed E-state index contributed by atoms with van der Waals surface area (Å²) in [7, 11) is 0. The molecule has 0 aromatic heterocycles. The maximum Gasteiger partial charge on any atom is 0.190 e. The molecule has 0 heterocycles. The van der Waals surface area contributed by atoms with Gasteiger partial charge in [0.05, 0.1) is 4.91 Å². The number of hydrogen-bond donors (Lipinski definition) is 0. The maximum atomic E-state index is 12.5. The van der Waals surface area contributed by atoms with E-state index in [0.717, 1.165) is 61.6 Å². The van der Waals surface area contributed by atoms with E-state index in [1.165, 1.54) is 5.57 Å². The maximum absolute atomic E-state index is 12.5. The molecule has 136 valence electrons. The normalized spacial score (nSPS) is 43.6. The predicted molar refractivity (Wildman–Crippen MR) is 98.9 cm³/mol. The van der Waals surface area contributed by atoms with Crippen LogP contribution in [0.1, 0.15) is 72.1 Å². The average Bonchev–Trinajstić information content (AvgIpc) is 2.86. The van der Waals surface area contributed by atoms with E-state index in [9.17, 15) is 14.4 Å². The van der Waals surface area contributed by atoms with Gasteiger partial charge in [0.15, 0.2) is 10.9 Å². The van der Waals surface area contributed by atoms with Crippen LogP contribution < -0.4 is 0 Å². The van der Waals surface area contributed by atoms with Crippen molar-refractivity contribution in [2.45, 2.75) is 72.1 Å². The monoisotopic (exact) mass is 360 g/mol. The summed E-state index contributed by atoms with van der Waals surface area (Å²) in [6, 6.07) is 0. The zero-order valence-electron chi connectivity index (χ0n) is 15.5. The van der Waals surface area contributed by atoms with Crippen molar-refractivity contribution in [3.05, 3.63) is 10.5 Å². The minimum absolute atomic E-state index is 0.0137. The summed E-state index contributed by atoms with van der Waals surface area (Å²) >= 11 is 1.16. The number of fused-ring (bicyclic) bond motifs is 5. The lowest BCUT2D eigenvalue weighted by Gasteiger charge is -2.57. The van der Waals surface area contributed by atoms with Crippen LogP contribution in [-0.4, -0.2) is 16.7 Å². The lowest BCUT2D eigenvalue weighted by Crippen LogP contribution is -2.51. The van der Waals surface area contributed by atoms with Gasteiger partial charge in [-0.1, -0.05) is 13.8 Å². The molecule has 4 aliphatic rings. The first kappa shape index (κ1) is 17.5. The Hall–Kier alpha value is -0.900. The molecule has 5 atom stereocenters. The van der Waals surface area contributed by atoms with Crippen molar-refractivity contribution < 1.29 is 14.4 Å². The summed E-state index contributed by atoms with van der Waals surface area (Å²) in [6.07, 6.45) is 7.41. The van der Waals surface area contributed by atoms with Gasteiger partial charge in [-0.05, 0) is 79.0 Å². The van der Waals surface area contributed by atoms with Crippen molar-refractivity contribution in [1.82, 2.24) is 0 Å². The van der Waals surface area contributed by atoms with Crippen molar-refractivity contribution in [3.63, 3.8) is 0 Å². The van der Waals surface area contributed by atoms with Gasteiger partial charge in [-0.3, -0.25) is 14.4 Å². The number of thioether (sulfide) groups is 1. The molecule has 4 rings (SSSR count). The first-order valence-corrected chi connectivity index (χ1v) is 10.6. The second-order valence-corrected chi connectivity index (χ2v) is 10.3. The molecule has 0 aromatic rings. The van der Waals surface area contributed by atoms with Crippen LogP contribution in [0.3, 0.4) is 0 Å². The van der Waals surface area contributed by atoms with E-state index in [2.05, 4.69) is 13.8 Å². The van der Waals surface area contributed by atoms with E-state index in [-0.39, 0.29) is 21.7 Å². The molecule has 0 aromatic carbocycles. The van der Waals surface area contributed by atoms with Gasteiger partial charge in [-0.25, -0.2) is 0 Å². The van der Waals surface area contributed by atoms with E-state index in [4.69, 9.17) is 0 Å². The molecule has 3 nitrogen and oxygen atoms in total. The standard InChI is InChI=1S/C21H28O3S/c1-12(22)25-19-16-5-4-13-14-6-7-18(24)21(14,3)10-8-15(13)20(16,2)11-9-17(19)23/h13-15H,4-11H2,1-3H3/t13-,14-,15-,20+,21-/m0/s1. The van der Waals surface area contributed by atoms with Gasteiger partial charge in [-0.15, -0.1) is 0 Å². The Labute approximate surface area is 154 Å². The topological polar surface area (TPSA) is 51.2 Å². The third-order valence-electron chi connectivity index (χ3n) is 8.03. The number of hydrogen-bond acceptors (Lipinski definition) is 4. The van der Waals surface area contributed by atoms with Crippen LogP contribution in [0.4, 0.5) is 0 Å². The molecule has 0 amide bonds. The number of rotatable bonds is 1. The molecule has 4 aliphatic carbocycles. The largest absolute Gasteiger partial charge is 0.299 e. The molecule has 4 heteroatoms. The Morgan fingerprint density at radius 1 is 0.960 bits per heavy atom. The highest BCUT2D eigenvalue weighted by Crippen LogP contribution is 2.65. The van der Waals surface area contributed by atoms with Gasteiger partial charge in [-0.2, -0.15) is 0 Å². The zero-order chi connectivity index (χ0) is 18.0. The molecular weight excluding hydrogens is 332 g/mol. The summed E-state index contributed by atoms with van der Waals surface area (Å²) in [5.74, 6) is 2.35. The Morgan fingerprint density at radius 3 is 2.40 bits per heavy atom. The van der Waals surface area contributed by atoms with Gasteiger partial charge < -0.3 is 0 Å². The van der Waals surface area contributed by atoms with E-state index in [1.54, 1.807) is 6.92 Å². The van der Waals surface area contributed by atoms with Gasteiger partial charge in [0.1, 0.15) is 5.78 Å². The molecule has 0 radical (unpaired) electrons. The van der Waals surface area contributed by atoms with Gasteiger partial charge in [0.25, 0.3) is 0 Å². The SMILES string of the molecule is CC(=O)SC1=C2CC[C@@H]3[C@H](CC[C@]4(C)C(=O)CC[C@@H]34)[C@@]2(C)CCC1=O. The molecule has 3 fully saturated rings. The Balaban J connectivity index is 1.72. The molecule has 0 aliphatic heterocycles. The van der Waals surface area contributed by atoms with Crippen LogP contribution in [0.5, 0.6) is 0 Å². The third kappa shape index (κ3) is 2.43. The van der Waals surface area contributed by atoms with Crippen molar-refractivity contribution in [2.75, 3.05) is 0 Å².